The molecule has 0 unspecified atom stereocenters. The van der Waals surface area contributed by atoms with E-state index in [-0.39, 0.29) is 0 Å². The summed E-state index contributed by atoms with van der Waals surface area (Å²) in [5.41, 5.74) is 6.50. The number of aliphatic carboxylic acids is 1. The zero-order chi connectivity index (χ0) is 27.1. The zero-order valence-corrected chi connectivity index (χ0v) is 19.6. The number of imidazole rings is 1. The van der Waals surface area contributed by atoms with E-state index >= 15 is 0 Å². The minimum atomic E-state index is -5.08. The molecule has 0 aliphatic heterocycles. The van der Waals surface area contributed by atoms with Gasteiger partial charge in [-0.2, -0.15) is 23.5 Å². The predicted molar refractivity (Wildman–Crippen MR) is 132 cm³/mol. The second-order valence-corrected chi connectivity index (χ2v) is 7.98. The van der Waals surface area contributed by atoms with E-state index in [4.69, 9.17) is 15.2 Å². The molecule has 0 aliphatic rings. The van der Waals surface area contributed by atoms with Gasteiger partial charge in [-0.25, -0.2) is 9.78 Å². The number of nitrogens with one attached hydrogen (secondary N) is 1. The van der Waals surface area contributed by atoms with E-state index in [9.17, 15) is 13.2 Å². The monoisotopic (exact) mass is 516 g/mol. The minimum absolute atomic E-state index is 0.603. The largest absolute Gasteiger partial charge is 0.490 e. The summed E-state index contributed by atoms with van der Waals surface area (Å²) in [6.07, 6.45) is 2.36. The quantitative estimate of drug-likeness (QED) is 0.316. The second-order valence-electron chi connectivity index (χ2n) is 7.98. The molecule has 0 saturated carbocycles. The molecule has 2 N–H and O–H groups in total. The maximum absolute atomic E-state index is 10.6. The normalized spacial score (nSPS) is 10.8. The Bertz CT molecular complexity index is 1590. The van der Waals surface area contributed by atoms with Crippen LogP contribution in [0, 0.1) is 11.3 Å². The van der Waals surface area contributed by atoms with Gasteiger partial charge in [0.1, 0.15) is 5.69 Å². The Hall–Kier alpha value is -5.24. The Morgan fingerprint density at radius 1 is 0.974 bits per heavy atom. The number of benzene rings is 2. The molecule has 38 heavy (non-hydrogen) atoms. The van der Waals surface area contributed by atoms with Crippen molar-refractivity contribution in [2.45, 2.75) is 12.7 Å². The van der Waals surface area contributed by atoms with Gasteiger partial charge in [-0.3, -0.25) is 9.67 Å². The van der Waals surface area contributed by atoms with Gasteiger partial charge in [0.2, 0.25) is 0 Å². The highest BCUT2D eigenvalue weighted by molar-refractivity contribution is 5.73. The number of carboxylic acids is 1. The fraction of sp³-hybridized carbons (Fsp3) is 0.0741. The maximum Gasteiger partial charge on any atom is 0.490 e. The number of nitrogens with zero attached hydrogens (tertiary/aromatic N) is 5. The Kier molecular flexibility index (Phi) is 7.63. The smallest absolute Gasteiger partial charge is 0.475 e. The minimum Gasteiger partial charge on any atom is -0.475 e. The van der Waals surface area contributed by atoms with Gasteiger partial charge in [0.25, 0.3) is 0 Å². The van der Waals surface area contributed by atoms with Gasteiger partial charge in [0, 0.05) is 18.0 Å². The molecule has 0 aliphatic carbocycles. The van der Waals surface area contributed by atoms with Gasteiger partial charge in [0.15, 0.2) is 5.82 Å². The molecule has 0 fully saturated rings. The molecule has 8 nitrogen and oxygen atoms in total. The van der Waals surface area contributed by atoms with E-state index in [1.54, 1.807) is 12.3 Å². The highest BCUT2D eigenvalue weighted by atomic mass is 19.4. The van der Waals surface area contributed by atoms with Crippen molar-refractivity contribution in [1.82, 2.24) is 24.7 Å². The van der Waals surface area contributed by atoms with Crippen LogP contribution in [0.4, 0.5) is 13.2 Å². The van der Waals surface area contributed by atoms with Crippen LogP contribution >= 0.6 is 0 Å². The number of rotatable bonds is 5. The molecular formula is C27H19F3N6O2. The SMILES string of the molecule is N#Cc1cccc(Cn2cc(-c3ccnc(-c4ncc(-c5ccccc5)[nH]4)c3)cn2)c1.O=C(O)C(F)(F)F. The van der Waals surface area contributed by atoms with Crippen molar-refractivity contribution >= 4 is 5.97 Å². The lowest BCUT2D eigenvalue weighted by Crippen LogP contribution is -2.21. The maximum atomic E-state index is 10.6. The number of nitriles is 1. The van der Waals surface area contributed by atoms with Crippen LogP contribution < -0.4 is 0 Å². The first-order valence-electron chi connectivity index (χ1n) is 11.1. The van der Waals surface area contributed by atoms with E-state index in [1.165, 1.54) is 0 Å². The lowest BCUT2D eigenvalue weighted by atomic mass is 10.1. The van der Waals surface area contributed by atoms with Crippen LogP contribution in [0.3, 0.4) is 0 Å². The zero-order valence-electron chi connectivity index (χ0n) is 19.6. The van der Waals surface area contributed by atoms with Crippen molar-refractivity contribution in [2.24, 2.45) is 0 Å². The van der Waals surface area contributed by atoms with Crippen LogP contribution in [-0.2, 0) is 11.3 Å². The molecule has 190 valence electrons. The highest BCUT2D eigenvalue weighted by Gasteiger charge is 2.38. The molecule has 0 amide bonds. The van der Waals surface area contributed by atoms with E-state index < -0.39 is 12.1 Å². The van der Waals surface area contributed by atoms with Gasteiger partial charge in [-0.05, 0) is 41.0 Å². The topological polar surface area (TPSA) is 120 Å². The molecular weight excluding hydrogens is 497 g/mol. The number of aromatic nitrogens is 5. The molecule has 0 saturated heterocycles. The van der Waals surface area contributed by atoms with Crippen LogP contribution in [0.25, 0.3) is 33.9 Å². The first-order chi connectivity index (χ1) is 18.2. The molecule has 0 bridgehead atoms. The summed E-state index contributed by atoms with van der Waals surface area (Å²) < 4.78 is 33.6. The van der Waals surface area contributed by atoms with E-state index in [1.807, 2.05) is 83.9 Å². The number of carbonyl (C=O) groups is 1. The van der Waals surface area contributed by atoms with Crippen molar-refractivity contribution in [3.05, 3.63) is 103 Å². The summed E-state index contributed by atoms with van der Waals surface area (Å²) in [6.45, 7) is 0.603. The fourth-order valence-electron chi connectivity index (χ4n) is 3.48. The second kappa shape index (κ2) is 11.2. The number of halogens is 3. The standard InChI is InChI=1S/C25H18N6.C2HF3O2/c26-13-18-5-4-6-19(11-18)16-31-17-22(14-29-31)21-9-10-27-23(12-21)25-28-15-24(30-25)20-7-2-1-3-8-20;3-2(4,5)1(6)7/h1-12,14-15,17H,16H2,(H,28,30);(H,6,7). The average molecular weight is 516 g/mol. The molecule has 0 radical (unpaired) electrons. The third kappa shape index (κ3) is 6.50. The van der Waals surface area contributed by atoms with E-state index in [2.05, 4.69) is 26.1 Å². The summed E-state index contributed by atoms with van der Waals surface area (Å²) in [5, 5.41) is 20.7. The van der Waals surface area contributed by atoms with Crippen molar-refractivity contribution in [2.75, 3.05) is 0 Å². The summed E-state index contributed by atoms with van der Waals surface area (Å²) in [6, 6.07) is 23.8. The molecule has 0 atom stereocenters. The molecule has 3 aromatic heterocycles. The third-order valence-electron chi connectivity index (χ3n) is 5.27. The number of aromatic amines is 1. The molecule has 5 aromatic rings. The molecule has 2 aromatic carbocycles. The number of H-pyrrole nitrogens is 1. The first-order valence-corrected chi connectivity index (χ1v) is 11.1. The van der Waals surface area contributed by atoms with Gasteiger partial charge < -0.3 is 10.1 Å². The average Bonchev–Trinajstić information content (AvgIpc) is 3.60. The Morgan fingerprint density at radius 3 is 2.45 bits per heavy atom. The summed E-state index contributed by atoms with van der Waals surface area (Å²) >= 11 is 0. The van der Waals surface area contributed by atoms with Crippen LogP contribution in [0.5, 0.6) is 0 Å². The van der Waals surface area contributed by atoms with Crippen LogP contribution in [0.1, 0.15) is 11.1 Å². The van der Waals surface area contributed by atoms with Gasteiger partial charge in [-0.1, -0.05) is 42.5 Å². The number of hydrogen-bond donors (Lipinski definition) is 2. The number of pyridine rings is 1. The van der Waals surface area contributed by atoms with Crippen LogP contribution in [0.2, 0.25) is 0 Å². The fourth-order valence-corrected chi connectivity index (χ4v) is 3.48. The van der Waals surface area contributed by atoms with Crippen LogP contribution in [0.15, 0.2) is 91.5 Å². The molecule has 0 spiro atoms. The van der Waals surface area contributed by atoms with Gasteiger partial charge in [0.05, 0.1) is 36.3 Å². The van der Waals surface area contributed by atoms with E-state index in [0.29, 0.717) is 12.1 Å². The number of carboxylic acid groups (broad SMARTS) is 1. The number of alkyl halides is 3. The van der Waals surface area contributed by atoms with E-state index in [0.717, 1.165) is 39.5 Å². The molecule has 5 rings (SSSR count). The molecule has 11 heteroatoms. The third-order valence-corrected chi connectivity index (χ3v) is 5.27. The Balaban J connectivity index is 0.000000426. The lowest BCUT2D eigenvalue weighted by molar-refractivity contribution is -0.192. The summed E-state index contributed by atoms with van der Waals surface area (Å²) in [5.74, 6) is -2.03. The van der Waals surface area contributed by atoms with Gasteiger partial charge >= 0.3 is 12.1 Å². The highest BCUT2D eigenvalue weighted by Crippen LogP contribution is 2.25. The molecule has 3 heterocycles. The summed E-state index contributed by atoms with van der Waals surface area (Å²) in [7, 11) is 0. The predicted octanol–water partition coefficient (Wildman–Crippen LogP) is 5.56. The van der Waals surface area contributed by atoms with Crippen LogP contribution in [-0.4, -0.2) is 42.0 Å². The van der Waals surface area contributed by atoms with Gasteiger partial charge in [-0.15, -0.1) is 0 Å². The Labute approximate surface area is 214 Å². The lowest BCUT2D eigenvalue weighted by Gasteiger charge is -2.03. The van der Waals surface area contributed by atoms with Crippen molar-refractivity contribution < 1.29 is 23.1 Å². The van der Waals surface area contributed by atoms with Crippen molar-refractivity contribution in [1.29, 1.82) is 5.26 Å². The first kappa shape index (κ1) is 25.8. The van der Waals surface area contributed by atoms with Crippen molar-refractivity contribution in [3.8, 4) is 40.0 Å². The summed E-state index contributed by atoms with van der Waals surface area (Å²) in [4.78, 5) is 21.2. The number of hydrogen-bond acceptors (Lipinski definition) is 5. The Morgan fingerprint density at radius 2 is 1.74 bits per heavy atom. The van der Waals surface area contributed by atoms with Crippen molar-refractivity contribution in [3.63, 3.8) is 0 Å².